The van der Waals surface area contributed by atoms with E-state index < -0.39 is 16.1 Å². The van der Waals surface area contributed by atoms with Crippen molar-refractivity contribution >= 4 is 28.1 Å². The Kier molecular flexibility index (Phi) is 6.62. The molecule has 1 rings (SSSR count). The van der Waals surface area contributed by atoms with Crippen molar-refractivity contribution < 1.29 is 13.5 Å². The predicted molar refractivity (Wildman–Crippen MR) is 75.6 cm³/mol. The Balaban J connectivity index is 0.00000289. The lowest BCUT2D eigenvalue weighted by Gasteiger charge is -2.18. The molecule has 0 unspecified atom stereocenters. The van der Waals surface area contributed by atoms with Crippen LogP contribution in [-0.4, -0.2) is 32.9 Å². The van der Waals surface area contributed by atoms with Gasteiger partial charge in [-0.05, 0) is 31.7 Å². The van der Waals surface area contributed by atoms with Crippen LogP contribution in [0.5, 0.6) is 0 Å². The van der Waals surface area contributed by atoms with Crippen LogP contribution in [0.3, 0.4) is 0 Å². The number of sulfonamides is 1. The first-order valence-corrected chi connectivity index (χ1v) is 7.15. The van der Waals surface area contributed by atoms with Crippen LogP contribution in [0.15, 0.2) is 24.3 Å². The van der Waals surface area contributed by atoms with E-state index in [4.69, 9.17) is 0 Å². The van der Waals surface area contributed by atoms with Crippen LogP contribution in [0.4, 0.5) is 5.69 Å². The highest BCUT2D eigenvalue weighted by Gasteiger charge is 2.14. The number of benzene rings is 1. The van der Waals surface area contributed by atoms with E-state index in [0.29, 0.717) is 5.69 Å². The third-order valence-electron chi connectivity index (χ3n) is 2.48. The highest BCUT2D eigenvalue weighted by molar-refractivity contribution is 7.92. The standard InChI is InChI=1S/C11H18N2O3S.ClH/c1-8(12-2)11(14)9-4-6-10(7-5-9)13-17(3,15)16;/h4-8,11-14H,1-3H3;1H/t8-,11-;/m0./s1. The molecule has 0 heterocycles. The van der Waals surface area contributed by atoms with Gasteiger partial charge in [0, 0.05) is 11.7 Å². The molecule has 0 bridgehead atoms. The third-order valence-corrected chi connectivity index (χ3v) is 3.09. The number of hydrogen-bond donors (Lipinski definition) is 3. The number of anilines is 1. The fourth-order valence-corrected chi connectivity index (χ4v) is 1.97. The highest BCUT2D eigenvalue weighted by atomic mass is 35.5. The second-order valence-corrected chi connectivity index (χ2v) is 5.77. The molecule has 2 atom stereocenters. The molecule has 3 N–H and O–H groups in total. The summed E-state index contributed by atoms with van der Waals surface area (Å²) in [7, 11) is -1.48. The molecule has 104 valence electrons. The fourth-order valence-electron chi connectivity index (χ4n) is 1.41. The second kappa shape index (κ2) is 6.94. The average Bonchev–Trinajstić information content (AvgIpc) is 2.26. The van der Waals surface area contributed by atoms with E-state index >= 15 is 0 Å². The molecular formula is C11H19ClN2O3S. The topological polar surface area (TPSA) is 78.4 Å². The number of aliphatic hydroxyl groups is 1. The summed E-state index contributed by atoms with van der Waals surface area (Å²) >= 11 is 0. The minimum atomic E-state index is -3.26. The number of halogens is 1. The van der Waals surface area contributed by atoms with Gasteiger partial charge in [-0.2, -0.15) is 0 Å². The summed E-state index contributed by atoms with van der Waals surface area (Å²) in [5.41, 5.74) is 1.23. The maximum absolute atomic E-state index is 11.0. The first-order valence-electron chi connectivity index (χ1n) is 5.26. The first kappa shape index (κ1) is 17.2. The Labute approximate surface area is 114 Å². The maximum Gasteiger partial charge on any atom is 0.229 e. The van der Waals surface area contributed by atoms with Gasteiger partial charge in [0.1, 0.15) is 0 Å². The van der Waals surface area contributed by atoms with Gasteiger partial charge in [-0.3, -0.25) is 4.72 Å². The Morgan fingerprint density at radius 1 is 1.22 bits per heavy atom. The average molecular weight is 295 g/mol. The van der Waals surface area contributed by atoms with Gasteiger partial charge < -0.3 is 10.4 Å². The summed E-state index contributed by atoms with van der Waals surface area (Å²) in [4.78, 5) is 0. The normalized spacial score (nSPS) is 14.4. The molecule has 7 heteroatoms. The van der Waals surface area contributed by atoms with Crippen LogP contribution < -0.4 is 10.0 Å². The Morgan fingerprint density at radius 3 is 2.11 bits per heavy atom. The Bertz CT molecular complexity index is 462. The second-order valence-electron chi connectivity index (χ2n) is 4.02. The highest BCUT2D eigenvalue weighted by Crippen LogP contribution is 2.19. The smallest absolute Gasteiger partial charge is 0.229 e. The fraction of sp³-hybridized carbons (Fsp3) is 0.455. The summed E-state index contributed by atoms with van der Waals surface area (Å²) in [5, 5.41) is 12.9. The molecule has 1 aromatic carbocycles. The molecule has 0 fully saturated rings. The molecular weight excluding hydrogens is 276 g/mol. The van der Waals surface area contributed by atoms with E-state index in [-0.39, 0.29) is 18.4 Å². The van der Waals surface area contributed by atoms with E-state index in [9.17, 15) is 13.5 Å². The molecule has 0 aliphatic carbocycles. The number of likely N-dealkylation sites (N-methyl/N-ethyl adjacent to an activating group) is 1. The zero-order valence-electron chi connectivity index (χ0n) is 10.5. The SMILES string of the molecule is CN[C@@H](C)[C@H](O)c1ccc(NS(C)(=O)=O)cc1.Cl. The van der Waals surface area contributed by atoms with Gasteiger partial charge in [-0.25, -0.2) is 8.42 Å². The van der Waals surface area contributed by atoms with Gasteiger partial charge in [-0.1, -0.05) is 12.1 Å². The molecule has 0 aliphatic heterocycles. The van der Waals surface area contributed by atoms with Crippen LogP contribution in [0.2, 0.25) is 0 Å². The lowest BCUT2D eigenvalue weighted by molar-refractivity contribution is 0.140. The van der Waals surface area contributed by atoms with Crippen LogP contribution >= 0.6 is 12.4 Å². The van der Waals surface area contributed by atoms with Gasteiger partial charge in [-0.15, -0.1) is 12.4 Å². The molecule has 1 aromatic rings. The maximum atomic E-state index is 11.0. The lowest BCUT2D eigenvalue weighted by Crippen LogP contribution is -2.28. The van der Waals surface area contributed by atoms with E-state index in [1.165, 1.54) is 0 Å². The van der Waals surface area contributed by atoms with E-state index in [1.807, 2.05) is 6.92 Å². The van der Waals surface area contributed by atoms with Crippen LogP contribution in [0, 0.1) is 0 Å². The van der Waals surface area contributed by atoms with Gasteiger partial charge >= 0.3 is 0 Å². The van der Waals surface area contributed by atoms with Gasteiger partial charge in [0.15, 0.2) is 0 Å². The predicted octanol–water partition coefficient (Wildman–Crippen LogP) is 1.12. The van der Waals surface area contributed by atoms with Gasteiger partial charge in [0.05, 0.1) is 12.4 Å². The lowest BCUT2D eigenvalue weighted by atomic mass is 10.0. The Morgan fingerprint density at radius 2 is 1.72 bits per heavy atom. The first-order chi connectivity index (χ1) is 7.83. The van der Waals surface area contributed by atoms with Crippen molar-refractivity contribution in [2.75, 3.05) is 18.0 Å². The van der Waals surface area contributed by atoms with Crippen molar-refractivity contribution in [3.63, 3.8) is 0 Å². The molecule has 0 saturated carbocycles. The zero-order chi connectivity index (χ0) is 13.1. The van der Waals surface area contributed by atoms with Crippen LogP contribution in [0.1, 0.15) is 18.6 Å². The van der Waals surface area contributed by atoms with Crippen LogP contribution in [-0.2, 0) is 10.0 Å². The van der Waals surface area contributed by atoms with Crippen molar-refractivity contribution in [3.05, 3.63) is 29.8 Å². The number of nitrogens with one attached hydrogen (secondary N) is 2. The van der Waals surface area contributed by atoms with Crippen molar-refractivity contribution in [1.29, 1.82) is 0 Å². The van der Waals surface area contributed by atoms with Crippen molar-refractivity contribution in [2.24, 2.45) is 0 Å². The molecule has 0 spiro atoms. The summed E-state index contributed by atoms with van der Waals surface area (Å²) < 4.78 is 24.4. The number of aliphatic hydroxyl groups excluding tert-OH is 1. The molecule has 0 radical (unpaired) electrons. The summed E-state index contributed by atoms with van der Waals surface area (Å²) in [6, 6.07) is 6.59. The van der Waals surface area contributed by atoms with Gasteiger partial charge in [0.2, 0.25) is 10.0 Å². The molecule has 0 aliphatic rings. The minimum Gasteiger partial charge on any atom is -0.387 e. The molecule has 0 amide bonds. The molecule has 5 nitrogen and oxygen atoms in total. The zero-order valence-corrected chi connectivity index (χ0v) is 12.2. The Hall–Kier alpha value is -0.820. The molecule has 18 heavy (non-hydrogen) atoms. The van der Waals surface area contributed by atoms with Crippen LogP contribution in [0.25, 0.3) is 0 Å². The van der Waals surface area contributed by atoms with E-state index in [1.54, 1.807) is 31.3 Å². The summed E-state index contributed by atoms with van der Waals surface area (Å²) in [6.45, 7) is 1.87. The van der Waals surface area contributed by atoms with E-state index in [2.05, 4.69) is 10.0 Å². The van der Waals surface area contributed by atoms with Crippen molar-refractivity contribution in [2.45, 2.75) is 19.1 Å². The van der Waals surface area contributed by atoms with Crippen molar-refractivity contribution in [1.82, 2.24) is 5.32 Å². The number of hydrogen-bond acceptors (Lipinski definition) is 4. The number of rotatable bonds is 5. The quantitative estimate of drug-likeness (QED) is 0.760. The molecule has 0 aromatic heterocycles. The molecule has 0 saturated heterocycles. The van der Waals surface area contributed by atoms with Gasteiger partial charge in [0.25, 0.3) is 0 Å². The van der Waals surface area contributed by atoms with Crippen molar-refractivity contribution in [3.8, 4) is 0 Å². The van der Waals surface area contributed by atoms with E-state index in [0.717, 1.165) is 11.8 Å². The largest absolute Gasteiger partial charge is 0.387 e. The minimum absolute atomic E-state index is 0. The summed E-state index contributed by atoms with van der Waals surface area (Å²) in [6.07, 6.45) is 0.478. The third kappa shape index (κ3) is 5.22. The monoisotopic (exact) mass is 294 g/mol. The summed E-state index contributed by atoms with van der Waals surface area (Å²) in [5.74, 6) is 0.